The summed E-state index contributed by atoms with van der Waals surface area (Å²) in [6.07, 6.45) is -0.0447. The van der Waals surface area contributed by atoms with Gasteiger partial charge in [0.2, 0.25) is 0 Å². The first-order valence-electron chi connectivity index (χ1n) is 9.27. The second-order valence-corrected chi connectivity index (χ2v) is 7.71. The summed E-state index contributed by atoms with van der Waals surface area (Å²) in [5.74, 6) is -2.07. The number of aliphatic imine (C=N–C) groups is 1. The zero-order valence-corrected chi connectivity index (χ0v) is 16.5. The number of hydrogen-bond donors (Lipinski definition) is 0. The Balaban J connectivity index is 1.84. The number of hydrogen-bond acceptors (Lipinski definition) is 4. The van der Waals surface area contributed by atoms with Crippen LogP contribution in [0.3, 0.4) is 0 Å². The van der Waals surface area contributed by atoms with E-state index >= 15 is 0 Å². The summed E-state index contributed by atoms with van der Waals surface area (Å²) in [5.41, 5.74) is 1.02. The van der Waals surface area contributed by atoms with E-state index in [0.29, 0.717) is 29.9 Å². The van der Waals surface area contributed by atoms with E-state index in [2.05, 4.69) is 4.99 Å². The van der Waals surface area contributed by atoms with Gasteiger partial charge in [0.25, 0.3) is 0 Å². The number of para-hydroxylation sites is 1. The van der Waals surface area contributed by atoms with E-state index in [1.807, 2.05) is 0 Å². The second kappa shape index (κ2) is 8.11. The summed E-state index contributed by atoms with van der Waals surface area (Å²) in [4.78, 5) is 30.7. The van der Waals surface area contributed by atoms with Gasteiger partial charge in [0.05, 0.1) is 11.3 Å². The first-order chi connectivity index (χ1) is 13.7. The van der Waals surface area contributed by atoms with E-state index in [-0.39, 0.29) is 12.1 Å². The van der Waals surface area contributed by atoms with Gasteiger partial charge in [-0.1, -0.05) is 18.2 Å². The molecule has 3 rings (SSSR count). The van der Waals surface area contributed by atoms with E-state index in [1.165, 1.54) is 4.90 Å². The van der Waals surface area contributed by atoms with Crippen LogP contribution in [0.2, 0.25) is 0 Å². The van der Waals surface area contributed by atoms with Gasteiger partial charge >= 0.3 is 6.09 Å². The lowest BCUT2D eigenvalue weighted by molar-refractivity contribution is 0.0580. The normalized spacial score (nSPS) is 15.2. The van der Waals surface area contributed by atoms with Gasteiger partial charge in [-0.3, -0.25) is 14.7 Å². The zero-order valence-electron chi connectivity index (χ0n) is 16.5. The summed E-state index contributed by atoms with van der Waals surface area (Å²) in [7, 11) is 0. The monoisotopic (exact) mass is 400 g/mol. The van der Waals surface area contributed by atoms with E-state index in [9.17, 15) is 18.4 Å². The maximum atomic E-state index is 13.8. The molecule has 0 fully saturated rings. The Hall–Kier alpha value is -3.09. The van der Waals surface area contributed by atoms with E-state index in [1.54, 1.807) is 45.0 Å². The number of carbonyl (C=O) groups is 2. The lowest BCUT2D eigenvalue weighted by Gasteiger charge is -2.32. The fraction of sp³-hybridized carbons (Fsp3) is 0.318. The summed E-state index contributed by atoms with van der Waals surface area (Å²) in [6.45, 7) is 5.42. The SMILES string of the molecule is CC(C)(C)OC(=O)N1CCC(=NCC(=O)c2cc(F)ccc2F)c2ccccc21. The molecule has 1 aliphatic heterocycles. The van der Waals surface area contributed by atoms with Crippen LogP contribution in [-0.4, -0.2) is 36.3 Å². The Morgan fingerprint density at radius 3 is 2.59 bits per heavy atom. The molecule has 2 aromatic carbocycles. The van der Waals surface area contributed by atoms with Gasteiger partial charge in [0.15, 0.2) is 5.78 Å². The van der Waals surface area contributed by atoms with Crippen molar-refractivity contribution in [2.75, 3.05) is 18.0 Å². The molecule has 5 nitrogen and oxygen atoms in total. The minimum atomic E-state index is -0.781. The average Bonchev–Trinajstić information content (AvgIpc) is 2.66. The maximum Gasteiger partial charge on any atom is 0.414 e. The van der Waals surface area contributed by atoms with E-state index < -0.39 is 29.1 Å². The number of amides is 1. The Morgan fingerprint density at radius 1 is 1.14 bits per heavy atom. The first-order valence-corrected chi connectivity index (χ1v) is 9.27. The topological polar surface area (TPSA) is 59.0 Å². The van der Waals surface area contributed by atoms with Crippen LogP contribution >= 0.6 is 0 Å². The highest BCUT2D eigenvalue weighted by Crippen LogP contribution is 2.29. The molecule has 0 saturated carbocycles. The number of benzene rings is 2. The molecule has 29 heavy (non-hydrogen) atoms. The number of anilines is 1. The number of halogens is 2. The Morgan fingerprint density at radius 2 is 1.86 bits per heavy atom. The number of nitrogens with zero attached hydrogens (tertiary/aromatic N) is 2. The van der Waals surface area contributed by atoms with Gasteiger partial charge in [-0.15, -0.1) is 0 Å². The molecule has 0 N–H and O–H groups in total. The summed E-state index contributed by atoms with van der Waals surface area (Å²) >= 11 is 0. The van der Waals surface area contributed by atoms with Crippen molar-refractivity contribution in [3.05, 3.63) is 65.2 Å². The molecule has 0 saturated heterocycles. The van der Waals surface area contributed by atoms with Crippen LogP contribution in [0.25, 0.3) is 0 Å². The highest BCUT2D eigenvalue weighted by atomic mass is 19.1. The molecule has 0 aromatic heterocycles. The number of fused-ring (bicyclic) bond motifs is 1. The molecule has 152 valence electrons. The molecule has 7 heteroatoms. The van der Waals surface area contributed by atoms with Crippen molar-refractivity contribution in [3.8, 4) is 0 Å². The molecule has 1 aliphatic rings. The van der Waals surface area contributed by atoms with Gasteiger partial charge in [-0.25, -0.2) is 13.6 Å². The molecule has 1 heterocycles. The Labute approximate surface area is 168 Å². The van der Waals surface area contributed by atoms with Crippen molar-refractivity contribution in [2.24, 2.45) is 4.99 Å². The summed E-state index contributed by atoms with van der Waals surface area (Å²) < 4.78 is 32.6. The highest BCUT2D eigenvalue weighted by molar-refractivity contribution is 6.11. The summed E-state index contributed by atoms with van der Waals surface area (Å²) in [6, 6.07) is 9.94. The fourth-order valence-electron chi connectivity index (χ4n) is 3.06. The third kappa shape index (κ3) is 4.85. The van der Waals surface area contributed by atoms with Gasteiger partial charge in [0.1, 0.15) is 23.8 Å². The predicted molar refractivity (Wildman–Crippen MR) is 107 cm³/mol. The molecular formula is C22H22F2N2O3. The molecule has 0 unspecified atom stereocenters. The average molecular weight is 400 g/mol. The highest BCUT2D eigenvalue weighted by Gasteiger charge is 2.29. The van der Waals surface area contributed by atoms with Crippen molar-refractivity contribution in [1.29, 1.82) is 0 Å². The van der Waals surface area contributed by atoms with E-state index in [0.717, 1.165) is 18.2 Å². The van der Waals surface area contributed by atoms with Crippen molar-refractivity contribution in [3.63, 3.8) is 0 Å². The zero-order chi connectivity index (χ0) is 21.2. The third-order valence-electron chi connectivity index (χ3n) is 4.33. The standard InChI is InChI=1S/C22H22F2N2O3/c1-22(2,3)29-21(28)26-11-10-18(15-6-4-5-7-19(15)26)25-13-20(27)16-12-14(23)8-9-17(16)24/h4-9,12H,10-11,13H2,1-3H3. The van der Waals surface area contributed by atoms with Crippen molar-refractivity contribution in [1.82, 2.24) is 0 Å². The van der Waals surface area contributed by atoms with Crippen molar-refractivity contribution >= 4 is 23.3 Å². The molecule has 1 amide bonds. The molecule has 0 atom stereocenters. The van der Waals surface area contributed by atoms with Crippen LogP contribution in [-0.2, 0) is 4.74 Å². The van der Waals surface area contributed by atoms with Gasteiger partial charge in [-0.2, -0.15) is 0 Å². The maximum absolute atomic E-state index is 13.8. The van der Waals surface area contributed by atoms with Crippen LogP contribution in [0.5, 0.6) is 0 Å². The second-order valence-electron chi connectivity index (χ2n) is 7.71. The molecule has 2 aromatic rings. The van der Waals surface area contributed by atoms with Gasteiger partial charge < -0.3 is 4.74 Å². The number of rotatable bonds is 3. The predicted octanol–water partition coefficient (Wildman–Crippen LogP) is 4.78. The van der Waals surface area contributed by atoms with E-state index in [4.69, 9.17) is 4.74 Å². The number of Topliss-reactive ketones (excluding diaryl/α,β-unsaturated/α-hetero) is 1. The number of ether oxygens (including phenoxy) is 1. The minimum Gasteiger partial charge on any atom is -0.443 e. The first kappa shape index (κ1) is 20.6. The lowest BCUT2D eigenvalue weighted by atomic mass is 9.99. The largest absolute Gasteiger partial charge is 0.443 e. The van der Waals surface area contributed by atoms with Crippen LogP contribution in [0.4, 0.5) is 19.3 Å². The van der Waals surface area contributed by atoms with Gasteiger partial charge in [-0.05, 0) is 45.0 Å². The summed E-state index contributed by atoms with van der Waals surface area (Å²) in [5, 5.41) is 0. The van der Waals surface area contributed by atoms with Crippen LogP contribution < -0.4 is 4.90 Å². The quantitative estimate of drug-likeness (QED) is 0.697. The van der Waals surface area contributed by atoms with Gasteiger partial charge in [0, 0.05) is 24.2 Å². The smallest absolute Gasteiger partial charge is 0.414 e. The van der Waals surface area contributed by atoms with Crippen molar-refractivity contribution < 1.29 is 23.1 Å². The lowest BCUT2D eigenvalue weighted by Crippen LogP contribution is -2.41. The van der Waals surface area contributed by atoms with Crippen LogP contribution in [0.15, 0.2) is 47.5 Å². The van der Waals surface area contributed by atoms with Crippen molar-refractivity contribution in [2.45, 2.75) is 32.8 Å². The molecular weight excluding hydrogens is 378 g/mol. The molecule has 0 bridgehead atoms. The minimum absolute atomic E-state index is 0.309. The molecule has 0 spiro atoms. The fourth-order valence-corrected chi connectivity index (χ4v) is 3.06. The molecule has 0 aliphatic carbocycles. The van der Waals surface area contributed by atoms with Crippen LogP contribution in [0.1, 0.15) is 43.1 Å². The Bertz CT molecular complexity index is 980. The third-order valence-corrected chi connectivity index (χ3v) is 4.33. The van der Waals surface area contributed by atoms with Crippen LogP contribution in [0, 0.1) is 11.6 Å². The molecule has 0 radical (unpaired) electrons. The number of carbonyl (C=O) groups excluding carboxylic acids is 2. The number of ketones is 1. The Kier molecular flexibility index (Phi) is 5.77.